The number of benzene rings is 1. The van der Waals surface area contributed by atoms with Crippen LogP contribution in [-0.4, -0.2) is 19.8 Å². The minimum absolute atomic E-state index is 0.341. The molecular weight excluding hydrogens is 250 g/mol. The first-order valence-corrected chi connectivity index (χ1v) is 7.64. The summed E-state index contributed by atoms with van der Waals surface area (Å²) in [4.78, 5) is 0. The van der Waals surface area contributed by atoms with Crippen LogP contribution in [0.5, 0.6) is 11.5 Å². The Morgan fingerprint density at radius 3 is 2.85 bits per heavy atom. The molecule has 1 aromatic rings. The highest BCUT2D eigenvalue weighted by molar-refractivity contribution is 5.44. The Morgan fingerprint density at radius 2 is 2.05 bits per heavy atom. The van der Waals surface area contributed by atoms with Crippen LogP contribution in [0.2, 0.25) is 0 Å². The van der Waals surface area contributed by atoms with Crippen LogP contribution in [0.15, 0.2) is 29.8 Å². The number of ether oxygens (including phenoxy) is 2. The second-order valence-corrected chi connectivity index (χ2v) is 5.58. The maximum Gasteiger partial charge on any atom is 0.161 e. The first-order valence-electron chi connectivity index (χ1n) is 7.64. The molecule has 1 heterocycles. The van der Waals surface area contributed by atoms with Crippen molar-refractivity contribution in [2.75, 3.05) is 19.8 Å². The molecule has 0 bridgehead atoms. The molecule has 108 valence electrons. The minimum atomic E-state index is 0.341. The van der Waals surface area contributed by atoms with Crippen molar-refractivity contribution in [1.29, 1.82) is 0 Å². The van der Waals surface area contributed by atoms with Crippen LogP contribution in [0.25, 0.3) is 0 Å². The number of rotatable bonds is 5. The van der Waals surface area contributed by atoms with E-state index >= 15 is 0 Å². The van der Waals surface area contributed by atoms with E-state index < -0.39 is 0 Å². The Kier molecular flexibility index (Phi) is 4.26. The standard InChI is InChI=1S/C17H23NO2/c1-13(18-9-8-14-4-2-3-5-14)15-6-7-16-17(12-15)20-11-10-19-16/h4,6-7,12-13,18H,2-3,5,8-11H2,1H3. The predicted octanol–water partition coefficient (Wildman–Crippen LogP) is 3.61. The number of nitrogens with one attached hydrogen (secondary N) is 1. The van der Waals surface area contributed by atoms with Crippen molar-refractivity contribution >= 4 is 0 Å². The fourth-order valence-corrected chi connectivity index (χ4v) is 2.86. The second kappa shape index (κ2) is 6.31. The van der Waals surface area contributed by atoms with Crippen molar-refractivity contribution in [3.05, 3.63) is 35.4 Å². The van der Waals surface area contributed by atoms with Gasteiger partial charge in [-0.2, -0.15) is 0 Å². The average Bonchev–Trinajstić information content (AvgIpc) is 3.00. The zero-order valence-electron chi connectivity index (χ0n) is 12.2. The van der Waals surface area contributed by atoms with E-state index in [2.05, 4.69) is 30.4 Å². The maximum absolute atomic E-state index is 5.64. The molecular formula is C17H23NO2. The predicted molar refractivity (Wildman–Crippen MR) is 80.4 cm³/mol. The molecule has 1 aromatic carbocycles. The molecule has 0 aromatic heterocycles. The van der Waals surface area contributed by atoms with Gasteiger partial charge in [0.1, 0.15) is 13.2 Å². The Bertz CT molecular complexity index is 496. The Hall–Kier alpha value is -1.48. The lowest BCUT2D eigenvalue weighted by atomic mass is 10.1. The molecule has 1 unspecified atom stereocenters. The molecule has 0 spiro atoms. The van der Waals surface area contributed by atoms with Crippen LogP contribution in [0.1, 0.15) is 44.2 Å². The van der Waals surface area contributed by atoms with Crippen molar-refractivity contribution in [2.45, 2.75) is 38.6 Å². The van der Waals surface area contributed by atoms with Crippen LogP contribution in [0, 0.1) is 0 Å². The zero-order valence-corrected chi connectivity index (χ0v) is 12.2. The molecule has 1 atom stereocenters. The lowest BCUT2D eigenvalue weighted by Gasteiger charge is -2.21. The lowest BCUT2D eigenvalue weighted by molar-refractivity contribution is 0.171. The molecule has 3 nitrogen and oxygen atoms in total. The van der Waals surface area contributed by atoms with E-state index in [0.717, 1.165) is 18.0 Å². The molecule has 0 saturated heterocycles. The summed E-state index contributed by atoms with van der Waals surface area (Å²) >= 11 is 0. The van der Waals surface area contributed by atoms with Gasteiger partial charge in [0.15, 0.2) is 11.5 Å². The number of fused-ring (bicyclic) bond motifs is 1. The van der Waals surface area contributed by atoms with Gasteiger partial charge in [0, 0.05) is 6.04 Å². The van der Waals surface area contributed by atoms with Crippen molar-refractivity contribution in [1.82, 2.24) is 5.32 Å². The van der Waals surface area contributed by atoms with E-state index in [0.29, 0.717) is 19.3 Å². The number of allylic oxidation sites excluding steroid dienone is 1. The van der Waals surface area contributed by atoms with Crippen LogP contribution >= 0.6 is 0 Å². The Labute approximate surface area is 121 Å². The van der Waals surface area contributed by atoms with Gasteiger partial charge in [0.25, 0.3) is 0 Å². The lowest BCUT2D eigenvalue weighted by Crippen LogP contribution is -2.21. The fourth-order valence-electron chi connectivity index (χ4n) is 2.86. The summed E-state index contributed by atoms with van der Waals surface area (Å²) in [5.41, 5.74) is 2.88. The number of hydrogen-bond acceptors (Lipinski definition) is 3. The summed E-state index contributed by atoms with van der Waals surface area (Å²) in [6.45, 7) is 4.54. The van der Waals surface area contributed by atoms with E-state index in [-0.39, 0.29) is 0 Å². The van der Waals surface area contributed by atoms with E-state index in [1.807, 2.05) is 6.07 Å². The van der Waals surface area contributed by atoms with Gasteiger partial charge in [-0.3, -0.25) is 0 Å². The highest BCUT2D eigenvalue weighted by Crippen LogP contribution is 2.32. The second-order valence-electron chi connectivity index (χ2n) is 5.58. The average molecular weight is 273 g/mol. The molecule has 3 heteroatoms. The number of hydrogen-bond donors (Lipinski definition) is 1. The minimum Gasteiger partial charge on any atom is -0.486 e. The molecule has 0 radical (unpaired) electrons. The monoisotopic (exact) mass is 273 g/mol. The van der Waals surface area contributed by atoms with E-state index in [1.54, 1.807) is 5.57 Å². The first kappa shape index (κ1) is 13.5. The van der Waals surface area contributed by atoms with Gasteiger partial charge in [0.05, 0.1) is 0 Å². The van der Waals surface area contributed by atoms with Crippen LogP contribution in [-0.2, 0) is 0 Å². The zero-order chi connectivity index (χ0) is 13.8. The largest absolute Gasteiger partial charge is 0.486 e. The van der Waals surface area contributed by atoms with Crippen LogP contribution in [0.3, 0.4) is 0 Å². The van der Waals surface area contributed by atoms with Gasteiger partial charge in [-0.25, -0.2) is 0 Å². The van der Waals surface area contributed by atoms with Gasteiger partial charge >= 0.3 is 0 Å². The molecule has 3 rings (SSSR count). The molecule has 0 amide bonds. The highest BCUT2D eigenvalue weighted by Gasteiger charge is 2.14. The summed E-state index contributed by atoms with van der Waals surface area (Å²) < 4.78 is 11.2. The molecule has 2 aliphatic rings. The third-order valence-electron chi connectivity index (χ3n) is 4.10. The molecule has 0 saturated carbocycles. The Morgan fingerprint density at radius 1 is 1.20 bits per heavy atom. The van der Waals surface area contributed by atoms with E-state index in [1.165, 1.54) is 31.2 Å². The van der Waals surface area contributed by atoms with Gasteiger partial charge < -0.3 is 14.8 Å². The van der Waals surface area contributed by atoms with Gasteiger partial charge in [0.2, 0.25) is 0 Å². The smallest absolute Gasteiger partial charge is 0.161 e. The third kappa shape index (κ3) is 3.15. The van der Waals surface area contributed by atoms with Gasteiger partial charge in [-0.15, -0.1) is 0 Å². The maximum atomic E-state index is 5.64. The summed E-state index contributed by atoms with van der Waals surface area (Å²) in [6.07, 6.45) is 7.48. The van der Waals surface area contributed by atoms with Crippen molar-refractivity contribution in [2.24, 2.45) is 0 Å². The third-order valence-corrected chi connectivity index (χ3v) is 4.10. The van der Waals surface area contributed by atoms with Crippen molar-refractivity contribution in [3.8, 4) is 11.5 Å². The highest BCUT2D eigenvalue weighted by atomic mass is 16.6. The van der Waals surface area contributed by atoms with Crippen LogP contribution < -0.4 is 14.8 Å². The quantitative estimate of drug-likeness (QED) is 0.831. The summed E-state index contributed by atoms with van der Waals surface area (Å²) in [5, 5.41) is 3.60. The molecule has 1 aliphatic heterocycles. The van der Waals surface area contributed by atoms with Gasteiger partial charge in [-0.05, 0) is 56.8 Å². The molecule has 0 fully saturated rings. The summed E-state index contributed by atoms with van der Waals surface area (Å²) in [7, 11) is 0. The SMILES string of the molecule is CC(NCCC1=CCCC1)c1ccc2c(c1)OCCO2. The molecule has 20 heavy (non-hydrogen) atoms. The summed E-state index contributed by atoms with van der Waals surface area (Å²) in [5.74, 6) is 1.74. The first-order chi connectivity index (χ1) is 9.83. The molecule has 1 aliphatic carbocycles. The van der Waals surface area contributed by atoms with Crippen molar-refractivity contribution < 1.29 is 9.47 Å². The van der Waals surface area contributed by atoms with E-state index in [4.69, 9.17) is 9.47 Å². The van der Waals surface area contributed by atoms with Crippen LogP contribution in [0.4, 0.5) is 0 Å². The van der Waals surface area contributed by atoms with Gasteiger partial charge in [-0.1, -0.05) is 17.7 Å². The van der Waals surface area contributed by atoms with E-state index in [9.17, 15) is 0 Å². The Balaban J connectivity index is 1.55. The summed E-state index contributed by atoms with van der Waals surface area (Å²) in [6, 6.07) is 6.58. The molecule has 1 N–H and O–H groups in total. The topological polar surface area (TPSA) is 30.5 Å². The van der Waals surface area contributed by atoms with Crippen molar-refractivity contribution in [3.63, 3.8) is 0 Å². The normalized spacial score (nSPS) is 18.8. The fraction of sp³-hybridized carbons (Fsp3) is 0.529.